The first-order valence-electron chi connectivity index (χ1n) is 7.04. The summed E-state index contributed by atoms with van der Waals surface area (Å²) in [5, 5.41) is 4.25. The number of pyridine rings is 2. The van der Waals surface area contributed by atoms with Crippen molar-refractivity contribution in [3.63, 3.8) is 0 Å². The average Bonchev–Trinajstić information content (AvgIpc) is 2.95. The van der Waals surface area contributed by atoms with E-state index < -0.39 is 0 Å². The van der Waals surface area contributed by atoms with Gasteiger partial charge in [0.1, 0.15) is 4.70 Å². The molecule has 3 aromatic heterocycles. The van der Waals surface area contributed by atoms with E-state index in [-0.39, 0.29) is 5.56 Å². The molecule has 2 aromatic carbocycles. The summed E-state index contributed by atoms with van der Waals surface area (Å²) in [5.41, 5.74) is 1.62. The van der Waals surface area contributed by atoms with Crippen molar-refractivity contribution in [3.05, 3.63) is 65.1 Å². The fourth-order valence-corrected chi connectivity index (χ4v) is 4.24. The Kier molecular flexibility index (Phi) is 2.24. The van der Waals surface area contributed by atoms with E-state index in [1.54, 1.807) is 17.5 Å². The third-order valence-corrected chi connectivity index (χ3v) is 5.25. The first-order valence-corrected chi connectivity index (χ1v) is 7.85. The number of hydrogen-bond donors (Lipinski definition) is 1. The second kappa shape index (κ2) is 4.15. The van der Waals surface area contributed by atoms with Crippen LogP contribution in [-0.4, -0.2) is 9.97 Å². The highest BCUT2D eigenvalue weighted by molar-refractivity contribution is 7.26. The lowest BCUT2D eigenvalue weighted by molar-refractivity contribution is 1.34. The second-order valence-electron chi connectivity index (χ2n) is 5.32. The Morgan fingerprint density at radius 1 is 0.955 bits per heavy atom. The molecule has 0 radical (unpaired) electrons. The summed E-state index contributed by atoms with van der Waals surface area (Å²) < 4.78 is 1.92. The summed E-state index contributed by atoms with van der Waals surface area (Å²) in [6, 6.07) is 16.2. The lowest BCUT2D eigenvalue weighted by Gasteiger charge is -2.04. The monoisotopic (exact) mass is 302 g/mol. The quantitative estimate of drug-likeness (QED) is 0.430. The molecule has 0 spiro atoms. The molecular formula is C18H10N2OS. The van der Waals surface area contributed by atoms with Crippen LogP contribution < -0.4 is 5.56 Å². The van der Waals surface area contributed by atoms with Gasteiger partial charge in [0, 0.05) is 32.4 Å². The Morgan fingerprint density at radius 3 is 2.82 bits per heavy atom. The summed E-state index contributed by atoms with van der Waals surface area (Å²) in [6.45, 7) is 0. The van der Waals surface area contributed by atoms with Crippen LogP contribution in [0.25, 0.3) is 42.0 Å². The van der Waals surface area contributed by atoms with E-state index in [0.717, 1.165) is 42.0 Å². The predicted octanol–water partition coefficient (Wildman–Crippen LogP) is 4.44. The van der Waals surface area contributed by atoms with Crippen molar-refractivity contribution in [1.82, 2.24) is 9.97 Å². The Hall–Kier alpha value is -2.72. The van der Waals surface area contributed by atoms with Gasteiger partial charge in [0.2, 0.25) is 0 Å². The van der Waals surface area contributed by atoms with Crippen LogP contribution in [-0.2, 0) is 0 Å². The number of nitrogens with zero attached hydrogens (tertiary/aromatic N) is 1. The molecule has 0 saturated heterocycles. The van der Waals surface area contributed by atoms with Gasteiger partial charge in [0.15, 0.2) is 0 Å². The maximum absolute atomic E-state index is 12.5. The van der Waals surface area contributed by atoms with Gasteiger partial charge in [0.05, 0.1) is 11.0 Å². The topological polar surface area (TPSA) is 45.8 Å². The van der Waals surface area contributed by atoms with Gasteiger partial charge < -0.3 is 4.98 Å². The number of aromatic amines is 1. The first kappa shape index (κ1) is 11.9. The normalized spacial score (nSPS) is 11.8. The molecular weight excluding hydrogens is 292 g/mol. The first-order chi connectivity index (χ1) is 10.8. The van der Waals surface area contributed by atoms with Crippen LogP contribution in [0.1, 0.15) is 0 Å². The van der Waals surface area contributed by atoms with Crippen LogP contribution in [0.5, 0.6) is 0 Å². The van der Waals surface area contributed by atoms with Crippen LogP contribution in [0.2, 0.25) is 0 Å². The minimum absolute atomic E-state index is 0.0400. The Balaban J connectivity index is 2.17. The van der Waals surface area contributed by atoms with Crippen molar-refractivity contribution in [2.75, 3.05) is 0 Å². The van der Waals surface area contributed by atoms with Crippen LogP contribution in [0.3, 0.4) is 0 Å². The van der Waals surface area contributed by atoms with Crippen molar-refractivity contribution < 1.29 is 0 Å². The van der Waals surface area contributed by atoms with Crippen LogP contribution in [0.15, 0.2) is 59.5 Å². The molecule has 0 saturated carbocycles. The van der Waals surface area contributed by atoms with Crippen molar-refractivity contribution >= 4 is 53.3 Å². The van der Waals surface area contributed by atoms with E-state index in [0.29, 0.717) is 0 Å². The van der Waals surface area contributed by atoms with Gasteiger partial charge in [-0.3, -0.25) is 9.78 Å². The summed E-state index contributed by atoms with van der Waals surface area (Å²) in [4.78, 5) is 20.0. The zero-order chi connectivity index (χ0) is 14.7. The molecule has 0 fully saturated rings. The molecule has 0 amide bonds. The average molecular weight is 302 g/mol. The zero-order valence-electron chi connectivity index (χ0n) is 11.5. The van der Waals surface area contributed by atoms with Crippen molar-refractivity contribution in [3.8, 4) is 0 Å². The number of hydrogen-bond acceptors (Lipinski definition) is 3. The van der Waals surface area contributed by atoms with Gasteiger partial charge in [-0.1, -0.05) is 36.4 Å². The van der Waals surface area contributed by atoms with Crippen molar-refractivity contribution in [2.45, 2.75) is 0 Å². The van der Waals surface area contributed by atoms with Gasteiger partial charge in [-0.2, -0.15) is 0 Å². The number of aromatic nitrogens is 2. The van der Waals surface area contributed by atoms with E-state index in [1.807, 2.05) is 24.3 Å². The van der Waals surface area contributed by atoms with Gasteiger partial charge >= 0.3 is 0 Å². The highest BCUT2D eigenvalue weighted by atomic mass is 32.1. The molecule has 4 heteroatoms. The fraction of sp³-hybridized carbons (Fsp3) is 0. The molecule has 22 heavy (non-hydrogen) atoms. The standard InChI is InChI=1S/C18H10N2OS/c21-18-17-14(11-5-1-2-6-13(11)22-17)12-8-7-10-4-3-9-19-15(10)16(12)20-18/h1-9H,(H,20,21). The molecule has 104 valence electrons. The predicted molar refractivity (Wildman–Crippen MR) is 92.8 cm³/mol. The minimum atomic E-state index is -0.0400. The van der Waals surface area contributed by atoms with Crippen LogP contribution in [0.4, 0.5) is 0 Å². The maximum Gasteiger partial charge on any atom is 0.266 e. The van der Waals surface area contributed by atoms with Gasteiger partial charge in [-0.05, 0) is 12.1 Å². The molecule has 0 aliphatic heterocycles. The molecule has 0 unspecified atom stereocenters. The second-order valence-corrected chi connectivity index (χ2v) is 6.37. The highest BCUT2D eigenvalue weighted by Gasteiger charge is 2.13. The third kappa shape index (κ3) is 1.45. The summed E-state index contributed by atoms with van der Waals surface area (Å²) in [6.07, 6.45) is 1.76. The Bertz CT molecular complexity index is 1250. The van der Waals surface area contributed by atoms with Crippen LogP contribution >= 0.6 is 11.3 Å². The van der Waals surface area contributed by atoms with E-state index in [4.69, 9.17) is 0 Å². The van der Waals surface area contributed by atoms with E-state index in [1.165, 1.54) is 0 Å². The van der Waals surface area contributed by atoms with E-state index in [2.05, 4.69) is 34.2 Å². The highest BCUT2D eigenvalue weighted by Crippen LogP contribution is 2.36. The number of fused-ring (bicyclic) bond motifs is 7. The van der Waals surface area contributed by atoms with Crippen LogP contribution in [0, 0.1) is 0 Å². The van der Waals surface area contributed by atoms with E-state index in [9.17, 15) is 4.79 Å². The third-order valence-electron chi connectivity index (χ3n) is 4.08. The largest absolute Gasteiger partial charge is 0.319 e. The molecule has 0 aliphatic rings. The molecule has 3 heterocycles. The number of H-pyrrole nitrogens is 1. The van der Waals surface area contributed by atoms with Gasteiger partial charge in [0.25, 0.3) is 5.56 Å². The lowest BCUT2D eigenvalue weighted by atomic mass is 10.1. The number of benzene rings is 2. The van der Waals surface area contributed by atoms with Crippen molar-refractivity contribution in [1.29, 1.82) is 0 Å². The maximum atomic E-state index is 12.5. The number of thiophene rings is 1. The summed E-state index contributed by atoms with van der Waals surface area (Å²) in [5.74, 6) is 0. The number of rotatable bonds is 0. The molecule has 5 aromatic rings. The summed E-state index contributed by atoms with van der Waals surface area (Å²) >= 11 is 1.54. The van der Waals surface area contributed by atoms with Gasteiger partial charge in [-0.25, -0.2) is 0 Å². The molecule has 1 N–H and O–H groups in total. The SMILES string of the molecule is O=c1[nH]c2c(ccc3cccnc32)c2c1sc1ccccc12. The smallest absolute Gasteiger partial charge is 0.266 e. The molecule has 3 nitrogen and oxygen atoms in total. The Morgan fingerprint density at radius 2 is 1.86 bits per heavy atom. The number of nitrogens with one attached hydrogen (secondary N) is 1. The minimum Gasteiger partial charge on any atom is -0.319 e. The molecule has 0 bridgehead atoms. The Labute approximate surface area is 128 Å². The summed E-state index contributed by atoms with van der Waals surface area (Å²) in [7, 11) is 0. The van der Waals surface area contributed by atoms with Gasteiger partial charge in [-0.15, -0.1) is 11.3 Å². The fourth-order valence-electron chi connectivity index (χ4n) is 3.12. The zero-order valence-corrected chi connectivity index (χ0v) is 12.3. The molecule has 0 atom stereocenters. The molecule has 0 aliphatic carbocycles. The van der Waals surface area contributed by atoms with Crippen molar-refractivity contribution in [2.24, 2.45) is 0 Å². The van der Waals surface area contributed by atoms with E-state index >= 15 is 0 Å². The lowest BCUT2D eigenvalue weighted by Crippen LogP contribution is -2.04. The molecule has 5 rings (SSSR count).